The van der Waals surface area contributed by atoms with Crippen molar-refractivity contribution in [2.45, 2.75) is 64.1 Å². The number of esters is 1. The van der Waals surface area contributed by atoms with Gasteiger partial charge in [-0.3, -0.25) is 9.59 Å². The van der Waals surface area contributed by atoms with Crippen LogP contribution in [-0.2, 0) is 19.1 Å². The molecule has 0 spiro atoms. The Balaban J connectivity index is 1.76. The lowest BCUT2D eigenvalue weighted by atomic mass is 9.95. The topological polar surface area (TPSA) is 93.7 Å². The number of amides is 2. The molecule has 0 radical (unpaired) electrons. The maximum atomic E-state index is 12.2. The predicted octanol–water partition coefficient (Wildman–Crippen LogP) is 2.59. The number of nitrogens with one attached hydrogen (secondary N) is 2. The molecule has 0 aliphatic heterocycles. The molecule has 0 heterocycles. The van der Waals surface area contributed by atoms with Crippen LogP contribution in [0.15, 0.2) is 30.3 Å². The molecule has 1 aliphatic carbocycles. The molecule has 0 unspecified atom stereocenters. The summed E-state index contributed by atoms with van der Waals surface area (Å²) >= 11 is 0. The van der Waals surface area contributed by atoms with Crippen molar-refractivity contribution in [1.29, 1.82) is 0 Å². The van der Waals surface area contributed by atoms with Crippen molar-refractivity contribution in [3.63, 3.8) is 0 Å². The van der Waals surface area contributed by atoms with Crippen LogP contribution in [0.2, 0.25) is 0 Å². The van der Waals surface area contributed by atoms with Gasteiger partial charge in [0.25, 0.3) is 5.91 Å². The maximum absolute atomic E-state index is 12.2. The second-order valence-electron chi connectivity index (χ2n) is 7.26. The number of hydrogen-bond donors (Lipinski definition) is 2. The Morgan fingerprint density at radius 3 is 2.34 bits per heavy atom. The van der Waals surface area contributed by atoms with E-state index in [1.807, 2.05) is 12.1 Å². The zero-order valence-corrected chi connectivity index (χ0v) is 17.3. The van der Waals surface area contributed by atoms with Gasteiger partial charge in [0.2, 0.25) is 5.91 Å². The van der Waals surface area contributed by atoms with Gasteiger partial charge in [-0.15, -0.1) is 0 Å². The van der Waals surface area contributed by atoms with E-state index in [0.717, 1.165) is 37.0 Å². The summed E-state index contributed by atoms with van der Waals surface area (Å²) in [5.74, 6) is -0.653. The van der Waals surface area contributed by atoms with Crippen molar-refractivity contribution in [3.05, 3.63) is 35.9 Å². The fourth-order valence-electron chi connectivity index (χ4n) is 3.10. The number of rotatable bonds is 8. The van der Waals surface area contributed by atoms with Crippen molar-refractivity contribution in [2.75, 3.05) is 7.11 Å². The summed E-state index contributed by atoms with van der Waals surface area (Å²) in [7, 11) is 1.58. The van der Waals surface area contributed by atoms with Gasteiger partial charge in [-0.1, -0.05) is 31.4 Å². The molecular weight excluding hydrogens is 372 g/mol. The fourth-order valence-corrected chi connectivity index (χ4v) is 3.10. The quantitative estimate of drug-likeness (QED) is 0.515. The highest BCUT2D eigenvalue weighted by atomic mass is 16.5. The van der Waals surface area contributed by atoms with Gasteiger partial charge in [0.05, 0.1) is 7.11 Å². The monoisotopic (exact) mass is 402 g/mol. The lowest BCUT2D eigenvalue weighted by Gasteiger charge is -2.24. The lowest BCUT2D eigenvalue weighted by molar-refractivity contribution is -0.157. The molecule has 29 heavy (non-hydrogen) atoms. The van der Waals surface area contributed by atoms with E-state index in [4.69, 9.17) is 9.47 Å². The molecule has 1 aromatic carbocycles. The zero-order valence-electron chi connectivity index (χ0n) is 17.3. The van der Waals surface area contributed by atoms with Gasteiger partial charge in [0, 0.05) is 12.1 Å². The zero-order chi connectivity index (χ0) is 21.2. The minimum atomic E-state index is -0.904. The lowest BCUT2D eigenvalue weighted by Crippen LogP contribution is -2.45. The molecule has 0 bridgehead atoms. The van der Waals surface area contributed by atoms with Crippen molar-refractivity contribution in [3.8, 4) is 5.75 Å². The van der Waals surface area contributed by atoms with Crippen LogP contribution in [0, 0.1) is 0 Å². The Morgan fingerprint density at radius 1 is 1.07 bits per heavy atom. The van der Waals surface area contributed by atoms with Gasteiger partial charge in [-0.05, 0) is 50.5 Å². The summed E-state index contributed by atoms with van der Waals surface area (Å²) in [6, 6.07) is 6.49. The Bertz CT molecular complexity index is 723. The number of carbonyl (C=O) groups excluding carboxylic acids is 3. The molecule has 1 fully saturated rings. The van der Waals surface area contributed by atoms with Gasteiger partial charge >= 0.3 is 5.97 Å². The van der Waals surface area contributed by atoms with Crippen molar-refractivity contribution < 1.29 is 23.9 Å². The summed E-state index contributed by atoms with van der Waals surface area (Å²) in [4.78, 5) is 36.4. The largest absolute Gasteiger partial charge is 0.497 e. The van der Waals surface area contributed by atoms with Gasteiger partial charge in [-0.25, -0.2) is 4.79 Å². The van der Waals surface area contributed by atoms with Crippen LogP contribution in [0.1, 0.15) is 51.5 Å². The Hall–Kier alpha value is -2.83. The first-order chi connectivity index (χ1) is 13.9. The average molecular weight is 402 g/mol. The van der Waals surface area contributed by atoms with E-state index in [1.54, 1.807) is 25.3 Å². The molecule has 1 aromatic rings. The van der Waals surface area contributed by atoms with Crippen LogP contribution in [0.4, 0.5) is 0 Å². The molecule has 2 N–H and O–H groups in total. The Morgan fingerprint density at radius 2 is 1.72 bits per heavy atom. The summed E-state index contributed by atoms with van der Waals surface area (Å²) in [6.45, 7) is 3.06. The first-order valence-electron chi connectivity index (χ1n) is 10.0. The molecule has 1 aliphatic rings. The predicted molar refractivity (Wildman–Crippen MR) is 110 cm³/mol. The summed E-state index contributed by atoms with van der Waals surface area (Å²) in [6.07, 6.45) is 7.38. The van der Waals surface area contributed by atoms with Crippen molar-refractivity contribution in [1.82, 2.24) is 10.6 Å². The van der Waals surface area contributed by atoms with E-state index in [1.165, 1.54) is 26.3 Å². The number of methoxy groups -OCH3 is 1. The molecule has 2 rings (SSSR count). The van der Waals surface area contributed by atoms with Gasteiger partial charge in [-0.2, -0.15) is 0 Å². The molecular formula is C22H30N2O5. The summed E-state index contributed by atoms with van der Waals surface area (Å²) < 4.78 is 10.3. The minimum absolute atomic E-state index is 0.151. The first kappa shape index (κ1) is 22.5. The number of benzene rings is 1. The normalized spacial score (nSPS) is 16.7. The van der Waals surface area contributed by atoms with E-state index in [2.05, 4.69) is 10.6 Å². The molecule has 1 saturated carbocycles. The SMILES string of the molecule is COc1ccc(/C=C/C(=O)N[C@@H](C)C(=O)O[C@H](C)C(=O)NC2CCCCC2)cc1. The van der Waals surface area contributed by atoms with Crippen LogP contribution in [-0.4, -0.2) is 43.1 Å². The van der Waals surface area contributed by atoms with E-state index < -0.39 is 24.0 Å². The van der Waals surface area contributed by atoms with Gasteiger partial charge < -0.3 is 20.1 Å². The van der Waals surface area contributed by atoms with Crippen LogP contribution in [0.3, 0.4) is 0 Å². The minimum Gasteiger partial charge on any atom is -0.497 e. The molecule has 2 amide bonds. The van der Waals surface area contributed by atoms with Crippen LogP contribution in [0.5, 0.6) is 5.75 Å². The summed E-state index contributed by atoms with van der Waals surface area (Å²) in [5.41, 5.74) is 0.823. The maximum Gasteiger partial charge on any atom is 0.329 e. The van der Waals surface area contributed by atoms with E-state index in [-0.39, 0.29) is 11.9 Å². The van der Waals surface area contributed by atoms with Crippen molar-refractivity contribution >= 4 is 23.9 Å². The molecule has 7 heteroatoms. The van der Waals surface area contributed by atoms with Gasteiger partial charge in [0.1, 0.15) is 11.8 Å². The van der Waals surface area contributed by atoms with Crippen LogP contribution in [0.25, 0.3) is 6.08 Å². The Kier molecular flexibility index (Phi) is 8.70. The highest BCUT2D eigenvalue weighted by Gasteiger charge is 2.25. The van der Waals surface area contributed by atoms with E-state index in [0.29, 0.717) is 0 Å². The highest BCUT2D eigenvalue weighted by molar-refractivity contribution is 5.95. The first-order valence-corrected chi connectivity index (χ1v) is 10.0. The molecule has 158 valence electrons. The standard InChI is InChI=1S/C22H30N2O5/c1-15(23-20(25)14-11-17-9-12-19(28-3)13-10-17)22(27)29-16(2)21(26)24-18-7-5-4-6-8-18/h9-16,18H,4-8H2,1-3H3,(H,23,25)(H,24,26)/b14-11+/t15-,16+/m0/s1. The third-order valence-electron chi connectivity index (χ3n) is 4.87. The second-order valence-corrected chi connectivity index (χ2v) is 7.26. The smallest absolute Gasteiger partial charge is 0.329 e. The molecule has 7 nitrogen and oxygen atoms in total. The third-order valence-corrected chi connectivity index (χ3v) is 4.87. The average Bonchev–Trinajstić information content (AvgIpc) is 2.73. The van der Waals surface area contributed by atoms with E-state index in [9.17, 15) is 14.4 Å². The summed E-state index contributed by atoms with van der Waals surface area (Å²) in [5, 5.41) is 5.47. The number of hydrogen-bond acceptors (Lipinski definition) is 5. The third kappa shape index (κ3) is 7.60. The van der Waals surface area contributed by atoms with E-state index >= 15 is 0 Å². The molecule has 2 atom stereocenters. The fraction of sp³-hybridized carbons (Fsp3) is 0.500. The second kappa shape index (κ2) is 11.2. The molecule has 0 saturated heterocycles. The van der Waals surface area contributed by atoms with Crippen molar-refractivity contribution in [2.24, 2.45) is 0 Å². The highest BCUT2D eigenvalue weighted by Crippen LogP contribution is 2.17. The van der Waals surface area contributed by atoms with Crippen LogP contribution < -0.4 is 15.4 Å². The number of ether oxygens (including phenoxy) is 2. The van der Waals surface area contributed by atoms with Gasteiger partial charge in [0.15, 0.2) is 6.10 Å². The van der Waals surface area contributed by atoms with Crippen LogP contribution >= 0.6 is 0 Å². The Labute approximate surface area is 171 Å². The molecule has 0 aromatic heterocycles. The number of carbonyl (C=O) groups is 3.